The van der Waals surface area contributed by atoms with Gasteiger partial charge in [-0.1, -0.05) is 23.2 Å². The number of methoxy groups -OCH3 is 1. The molecule has 1 aliphatic rings. The molecule has 7 nitrogen and oxygen atoms in total. The van der Waals surface area contributed by atoms with Crippen LogP contribution in [0, 0.1) is 6.92 Å². The topological polar surface area (TPSA) is 74.8 Å². The van der Waals surface area contributed by atoms with Gasteiger partial charge in [0.05, 0.1) is 5.56 Å². The summed E-state index contributed by atoms with van der Waals surface area (Å²) in [4.78, 5) is 33.6. The van der Waals surface area contributed by atoms with Crippen molar-refractivity contribution >= 4 is 46.4 Å². The Hall–Kier alpha value is -1.71. The molecular formula is C24H32Cl2N4O3S. The van der Waals surface area contributed by atoms with Gasteiger partial charge in [-0.3, -0.25) is 9.59 Å². The van der Waals surface area contributed by atoms with Crippen LogP contribution in [-0.2, 0) is 16.1 Å². The van der Waals surface area contributed by atoms with Gasteiger partial charge in [-0.25, -0.2) is 4.98 Å². The molecule has 1 atom stereocenters. The minimum Gasteiger partial charge on any atom is -0.375 e. The smallest absolute Gasteiger partial charge is 0.254 e. The van der Waals surface area contributed by atoms with Gasteiger partial charge in [-0.05, 0) is 67.1 Å². The molecule has 2 aromatic rings. The average molecular weight is 528 g/mol. The molecule has 186 valence electrons. The van der Waals surface area contributed by atoms with Gasteiger partial charge in [0.2, 0.25) is 5.91 Å². The predicted octanol–water partition coefficient (Wildman–Crippen LogP) is 4.41. The second-order valence-electron chi connectivity index (χ2n) is 8.67. The molecule has 0 bridgehead atoms. The normalized spacial score (nSPS) is 15.8. The molecule has 2 aromatic heterocycles. The summed E-state index contributed by atoms with van der Waals surface area (Å²) in [5.74, 6) is -0.202. The van der Waals surface area contributed by atoms with Crippen molar-refractivity contribution in [2.45, 2.75) is 51.7 Å². The highest BCUT2D eigenvalue weighted by Gasteiger charge is 2.29. The fraction of sp³-hybridized carbons (Fsp3) is 0.542. The highest BCUT2D eigenvalue weighted by Crippen LogP contribution is 2.23. The van der Waals surface area contributed by atoms with Crippen molar-refractivity contribution in [1.29, 1.82) is 0 Å². The molecule has 1 saturated heterocycles. The van der Waals surface area contributed by atoms with Gasteiger partial charge < -0.3 is 19.9 Å². The van der Waals surface area contributed by atoms with E-state index in [1.54, 1.807) is 31.4 Å². The Morgan fingerprint density at radius 2 is 2.09 bits per heavy atom. The fourth-order valence-electron chi connectivity index (χ4n) is 4.38. The maximum Gasteiger partial charge on any atom is 0.254 e. The maximum atomic E-state index is 12.7. The Morgan fingerprint density at radius 3 is 2.71 bits per heavy atom. The van der Waals surface area contributed by atoms with E-state index in [0.717, 1.165) is 37.9 Å². The van der Waals surface area contributed by atoms with Crippen LogP contribution in [0.15, 0.2) is 22.9 Å². The third kappa shape index (κ3) is 7.15. The van der Waals surface area contributed by atoms with Crippen LogP contribution in [0.5, 0.6) is 0 Å². The number of hydrogen-bond donors (Lipinski definition) is 1. The Balaban J connectivity index is 1.48. The third-order valence-electron chi connectivity index (χ3n) is 6.30. The van der Waals surface area contributed by atoms with Crippen LogP contribution in [0.2, 0.25) is 10.3 Å². The summed E-state index contributed by atoms with van der Waals surface area (Å²) in [6, 6.07) is 4.21. The Bertz CT molecular complexity index is 942. The lowest BCUT2D eigenvalue weighted by Gasteiger charge is -2.40. The maximum absolute atomic E-state index is 12.7. The lowest BCUT2D eigenvalue weighted by Crippen LogP contribution is -2.50. The lowest BCUT2D eigenvalue weighted by molar-refractivity contribution is -0.139. The Kier molecular flexibility index (Phi) is 10.2. The summed E-state index contributed by atoms with van der Waals surface area (Å²) in [6.07, 6.45) is 2.65. The number of aryl methyl sites for hydroxylation is 1. The molecule has 1 N–H and O–H groups in total. The summed E-state index contributed by atoms with van der Waals surface area (Å²) in [5.41, 5.74) is 2.23. The largest absolute Gasteiger partial charge is 0.375 e. The van der Waals surface area contributed by atoms with E-state index in [4.69, 9.17) is 27.9 Å². The van der Waals surface area contributed by atoms with Gasteiger partial charge in [-0.15, -0.1) is 0 Å². The summed E-state index contributed by atoms with van der Waals surface area (Å²) in [5, 5.41) is 7.47. The zero-order valence-corrected chi connectivity index (χ0v) is 22.2. The molecule has 0 aromatic carbocycles. The van der Waals surface area contributed by atoms with E-state index in [1.807, 2.05) is 10.3 Å². The van der Waals surface area contributed by atoms with E-state index in [0.29, 0.717) is 30.3 Å². The Morgan fingerprint density at radius 1 is 1.35 bits per heavy atom. The molecule has 1 fully saturated rings. The van der Waals surface area contributed by atoms with Crippen molar-refractivity contribution in [2.75, 3.05) is 33.4 Å². The first-order valence-electron chi connectivity index (χ1n) is 11.4. The fourth-order valence-corrected chi connectivity index (χ4v) is 5.66. The molecule has 0 spiro atoms. The quantitative estimate of drug-likeness (QED) is 0.464. The van der Waals surface area contributed by atoms with Gasteiger partial charge in [0.1, 0.15) is 16.9 Å². The van der Waals surface area contributed by atoms with Crippen LogP contribution in [0.3, 0.4) is 0 Å². The molecule has 3 rings (SSSR count). The molecule has 1 unspecified atom stereocenters. The van der Waals surface area contributed by atoms with Gasteiger partial charge in [0.25, 0.3) is 5.91 Å². The molecule has 10 heteroatoms. The van der Waals surface area contributed by atoms with E-state index in [-0.39, 0.29) is 34.8 Å². The van der Waals surface area contributed by atoms with E-state index >= 15 is 0 Å². The number of rotatable bonds is 10. The molecule has 1 aliphatic heterocycles. The van der Waals surface area contributed by atoms with Crippen LogP contribution in [0.25, 0.3) is 0 Å². The van der Waals surface area contributed by atoms with Crippen molar-refractivity contribution < 1.29 is 14.3 Å². The number of aromatic nitrogens is 1. The number of thiophene rings is 1. The molecule has 0 radical (unpaired) electrons. The van der Waals surface area contributed by atoms with E-state index in [9.17, 15) is 9.59 Å². The standard InChI is InChI=1S/C24H32Cl2N4O3S/c1-16-12-20(25)28-23(26)22(16)24(32)27-8-4-17(2)29-9-5-19(6-10-29)30(21(31)14-33-3)13-18-7-11-34-15-18/h7,11-12,15,17,19H,4-6,8-10,13-14H2,1-3H3,(H,27,32). The molecule has 3 heterocycles. The van der Waals surface area contributed by atoms with Gasteiger partial charge in [0, 0.05) is 45.4 Å². The zero-order chi connectivity index (χ0) is 24.7. The van der Waals surface area contributed by atoms with E-state index < -0.39 is 0 Å². The summed E-state index contributed by atoms with van der Waals surface area (Å²) in [7, 11) is 1.56. The van der Waals surface area contributed by atoms with Crippen LogP contribution in [0.1, 0.15) is 47.7 Å². The van der Waals surface area contributed by atoms with Crippen molar-refractivity contribution in [2.24, 2.45) is 0 Å². The van der Waals surface area contributed by atoms with Gasteiger partial charge >= 0.3 is 0 Å². The van der Waals surface area contributed by atoms with E-state index in [1.165, 1.54) is 0 Å². The first-order valence-corrected chi connectivity index (χ1v) is 13.1. The number of ether oxygens (including phenoxy) is 1. The molecule has 2 amide bonds. The summed E-state index contributed by atoms with van der Waals surface area (Å²) < 4.78 is 5.12. The van der Waals surface area contributed by atoms with Crippen molar-refractivity contribution in [3.63, 3.8) is 0 Å². The van der Waals surface area contributed by atoms with Crippen molar-refractivity contribution in [3.05, 3.63) is 49.9 Å². The highest BCUT2D eigenvalue weighted by molar-refractivity contribution is 7.07. The lowest BCUT2D eigenvalue weighted by atomic mass is 10.00. The van der Waals surface area contributed by atoms with Crippen LogP contribution >= 0.6 is 34.5 Å². The molecular weight excluding hydrogens is 495 g/mol. The third-order valence-corrected chi connectivity index (χ3v) is 7.50. The number of nitrogens with zero attached hydrogens (tertiary/aromatic N) is 3. The zero-order valence-electron chi connectivity index (χ0n) is 19.9. The number of hydrogen-bond acceptors (Lipinski definition) is 6. The van der Waals surface area contributed by atoms with Crippen molar-refractivity contribution in [1.82, 2.24) is 20.1 Å². The minimum absolute atomic E-state index is 0.0357. The first-order chi connectivity index (χ1) is 16.3. The van der Waals surface area contributed by atoms with Gasteiger partial charge in [-0.2, -0.15) is 11.3 Å². The monoisotopic (exact) mass is 526 g/mol. The number of nitrogens with one attached hydrogen (secondary N) is 1. The number of carbonyl (C=O) groups excluding carboxylic acids is 2. The minimum atomic E-state index is -0.238. The number of likely N-dealkylation sites (tertiary alicyclic amines) is 1. The van der Waals surface area contributed by atoms with Crippen LogP contribution in [-0.4, -0.2) is 72.0 Å². The number of halogens is 2. The number of pyridine rings is 1. The summed E-state index contributed by atoms with van der Waals surface area (Å²) in [6.45, 7) is 7.05. The van der Waals surface area contributed by atoms with Gasteiger partial charge in [0.15, 0.2) is 0 Å². The molecule has 34 heavy (non-hydrogen) atoms. The molecule has 0 saturated carbocycles. The highest BCUT2D eigenvalue weighted by atomic mass is 35.5. The molecule has 0 aliphatic carbocycles. The first kappa shape index (κ1) is 26.9. The Labute approximate surface area is 215 Å². The van der Waals surface area contributed by atoms with Crippen LogP contribution < -0.4 is 5.32 Å². The summed E-state index contributed by atoms with van der Waals surface area (Å²) >= 11 is 13.7. The second-order valence-corrected chi connectivity index (χ2v) is 10.2. The predicted molar refractivity (Wildman–Crippen MR) is 137 cm³/mol. The van der Waals surface area contributed by atoms with Crippen molar-refractivity contribution in [3.8, 4) is 0 Å². The van der Waals surface area contributed by atoms with Crippen LogP contribution in [0.4, 0.5) is 0 Å². The average Bonchev–Trinajstić information content (AvgIpc) is 3.30. The second kappa shape index (κ2) is 12.8. The number of carbonyl (C=O) groups is 2. The number of piperidine rings is 1. The van der Waals surface area contributed by atoms with E-state index in [2.05, 4.69) is 33.6 Å². The SMILES string of the molecule is COCC(=O)N(Cc1ccsc1)C1CCN(C(C)CCNC(=O)c2c(C)cc(Cl)nc2Cl)CC1. The number of amides is 2.